The van der Waals surface area contributed by atoms with Crippen molar-refractivity contribution < 1.29 is 19.4 Å². The largest absolute Gasteiger partial charge is 0.481 e. The maximum absolute atomic E-state index is 12.0. The van der Waals surface area contributed by atoms with Crippen LogP contribution in [-0.2, 0) is 14.3 Å². The van der Waals surface area contributed by atoms with Crippen LogP contribution in [0.15, 0.2) is 23.8 Å². The molecule has 4 heteroatoms. The Kier molecular flexibility index (Phi) is 4.28. The van der Waals surface area contributed by atoms with Crippen LogP contribution in [0, 0.1) is 34.5 Å². The Morgan fingerprint density at radius 2 is 2.04 bits per heavy atom. The van der Waals surface area contributed by atoms with Gasteiger partial charge in [-0.3, -0.25) is 9.59 Å². The molecule has 0 spiro atoms. The molecular formula is C22H30O4. The van der Waals surface area contributed by atoms with Gasteiger partial charge in [-0.25, -0.2) is 0 Å². The summed E-state index contributed by atoms with van der Waals surface area (Å²) in [6.07, 6.45) is 14.0. The summed E-state index contributed by atoms with van der Waals surface area (Å²) in [6, 6.07) is 0. The van der Waals surface area contributed by atoms with E-state index in [9.17, 15) is 14.7 Å². The van der Waals surface area contributed by atoms with E-state index in [-0.39, 0.29) is 29.3 Å². The van der Waals surface area contributed by atoms with E-state index in [0.717, 1.165) is 44.9 Å². The van der Waals surface area contributed by atoms with E-state index in [1.54, 1.807) is 5.57 Å². The molecule has 0 radical (unpaired) electrons. The summed E-state index contributed by atoms with van der Waals surface area (Å²) in [5, 5.41) is 9.86. The average Bonchev–Trinajstić information content (AvgIpc) is 2.99. The van der Waals surface area contributed by atoms with Gasteiger partial charge < -0.3 is 9.84 Å². The molecule has 0 aliphatic heterocycles. The second-order valence-electron chi connectivity index (χ2n) is 9.09. The molecule has 1 N–H and O–H groups in total. The molecule has 4 nitrogen and oxygen atoms in total. The molecule has 4 aliphatic rings. The number of fused-ring (bicyclic) bond motifs is 5. The van der Waals surface area contributed by atoms with Gasteiger partial charge in [-0.1, -0.05) is 30.7 Å². The highest BCUT2D eigenvalue weighted by atomic mass is 16.5. The Hall–Kier alpha value is -1.58. The summed E-state index contributed by atoms with van der Waals surface area (Å²) in [5.41, 5.74) is 1.35. The monoisotopic (exact) mass is 358 g/mol. The number of carboxylic acids is 1. The van der Waals surface area contributed by atoms with Gasteiger partial charge in [-0.05, 0) is 62.7 Å². The second kappa shape index (κ2) is 6.24. The molecule has 26 heavy (non-hydrogen) atoms. The lowest BCUT2D eigenvalue weighted by atomic mass is 9.47. The molecule has 0 aromatic carbocycles. The van der Waals surface area contributed by atoms with E-state index in [1.807, 2.05) is 0 Å². The molecule has 0 saturated heterocycles. The number of rotatable bonds is 3. The second-order valence-corrected chi connectivity index (χ2v) is 9.09. The van der Waals surface area contributed by atoms with Gasteiger partial charge in [-0.15, -0.1) is 0 Å². The van der Waals surface area contributed by atoms with E-state index in [2.05, 4.69) is 25.2 Å². The standard InChI is InChI=1S/C22H30O4/c1-14(23)26-13-22-12-10-17-16(18(22)8-9-19(22)20(24)25)7-6-15-5-3-4-11-21(15,17)2/h4-5,11,16-19H,3,6-10,12-13H2,1-2H3,(H,24,25)/t16-,17+,18+,19-,21+,22-/m1/s1. The van der Waals surface area contributed by atoms with Crippen molar-refractivity contribution in [3.05, 3.63) is 23.8 Å². The van der Waals surface area contributed by atoms with Crippen molar-refractivity contribution in [1.29, 1.82) is 0 Å². The van der Waals surface area contributed by atoms with Crippen LogP contribution < -0.4 is 0 Å². The molecule has 4 aliphatic carbocycles. The Balaban J connectivity index is 1.68. The number of allylic oxidation sites excluding steroid dienone is 4. The third-order valence-electron chi connectivity index (χ3n) is 8.17. The van der Waals surface area contributed by atoms with Gasteiger partial charge in [0.2, 0.25) is 0 Å². The minimum Gasteiger partial charge on any atom is -0.481 e. The fourth-order valence-electron chi connectivity index (χ4n) is 7.04. The van der Waals surface area contributed by atoms with Gasteiger partial charge in [0.05, 0.1) is 12.5 Å². The number of hydrogen-bond donors (Lipinski definition) is 1. The summed E-state index contributed by atoms with van der Waals surface area (Å²) in [7, 11) is 0. The molecule has 6 atom stereocenters. The first-order valence-corrected chi connectivity index (χ1v) is 10.1. The van der Waals surface area contributed by atoms with Gasteiger partial charge in [-0.2, -0.15) is 0 Å². The Morgan fingerprint density at radius 1 is 1.23 bits per heavy atom. The Bertz CT molecular complexity index is 678. The Labute approximate surface area is 155 Å². The highest BCUT2D eigenvalue weighted by Gasteiger charge is 2.62. The lowest BCUT2D eigenvalue weighted by molar-refractivity contribution is -0.163. The lowest BCUT2D eigenvalue weighted by Gasteiger charge is -2.57. The van der Waals surface area contributed by atoms with Gasteiger partial charge in [0.15, 0.2) is 0 Å². The molecule has 0 bridgehead atoms. The van der Waals surface area contributed by atoms with Crippen molar-refractivity contribution in [3.8, 4) is 0 Å². The first-order valence-electron chi connectivity index (χ1n) is 10.1. The first-order chi connectivity index (χ1) is 12.4. The fraction of sp³-hybridized carbons (Fsp3) is 0.727. The molecule has 3 saturated carbocycles. The average molecular weight is 358 g/mol. The summed E-state index contributed by atoms with van der Waals surface area (Å²) >= 11 is 0. The van der Waals surface area contributed by atoms with Crippen molar-refractivity contribution >= 4 is 11.9 Å². The van der Waals surface area contributed by atoms with Gasteiger partial charge in [0, 0.05) is 17.8 Å². The Morgan fingerprint density at radius 3 is 2.77 bits per heavy atom. The molecule has 0 aromatic heterocycles. The van der Waals surface area contributed by atoms with E-state index in [1.165, 1.54) is 6.92 Å². The van der Waals surface area contributed by atoms with Crippen LogP contribution in [0.2, 0.25) is 0 Å². The minimum absolute atomic E-state index is 0.135. The summed E-state index contributed by atoms with van der Waals surface area (Å²) in [6.45, 7) is 4.09. The zero-order valence-corrected chi connectivity index (χ0v) is 15.9. The predicted octanol–water partition coefficient (Wildman–Crippen LogP) is 4.36. The van der Waals surface area contributed by atoms with Crippen molar-refractivity contribution in [2.24, 2.45) is 34.5 Å². The zero-order valence-electron chi connectivity index (χ0n) is 15.9. The smallest absolute Gasteiger partial charge is 0.307 e. The van der Waals surface area contributed by atoms with Crippen LogP contribution in [0.3, 0.4) is 0 Å². The molecule has 4 rings (SSSR count). The summed E-state index contributed by atoms with van der Waals surface area (Å²) in [4.78, 5) is 23.5. The van der Waals surface area contributed by atoms with E-state index >= 15 is 0 Å². The predicted molar refractivity (Wildman–Crippen MR) is 98.3 cm³/mol. The summed E-state index contributed by atoms with van der Waals surface area (Å²) < 4.78 is 5.45. The first kappa shape index (κ1) is 17.8. The normalized spacial score (nSPS) is 43.7. The maximum atomic E-state index is 12.0. The van der Waals surface area contributed by atoms with Gasteiger partial charge in [0.25, 0.3) is 0 Å². The van der Waals surface area contributed by atoms with Crippen LogP contribution in [0.4, 0.5) is 0 Å². The number of aliphatic carboxylic acids is 1. The molecule has 0 aromatic rings. The third-order valence-corrected chi connectivity index (χ3v) is 8.17. The van der Waals surface area contributed by atoms with Gasteiger partial charge in [0.1, 0.15) is 0 Å². The minimum atomic E-state index is -0.710. The molecule has 3 fully saturated rings. The molecular weight excluding hydrogens is 328 g/mol. The maximum Gasteiger partial charge on any atom is 0.307 e. The fourth-order valence-corrected chi connectivity index (χ4v) is 7.04. The summed E-state index contributed by atoms with van der Waals surface area (Å²) in [5.74, 6) is 0.0936. The van der Waals surface area contributed by atoms with Crippen molar-refractivity contribution in [3.63, 3.8) is 0 Å². The molecule has 0 heterocycles. The van der Waals surface area contributed by atoms with E-state index in [0.29, 0.717) is 17.8 Å². The quantitative estimate of drug-likeness (QED) is 0.601. The highest BCUT2D eigenvalue weighted by molar-refractivity contribution is 5.72. The number of carbonyl (C=O) groups is 2. The van der Waals surface area contributed by atoms with E-state index in [4.69, 9.17) is 4.74 Å². The topological polar surface area (TPSA) is 63.6 Å². The zero-order chi connectivity index (χ0) is 18.5. The number of ether oxygens (including phenoxy) is 1. The molecule has 142 valence electrons. The third kappa shape index (κ3) is 2.48. The van der Waals surface area contributed by atoms with Gasteiger partial charge >= 0.3 is 11.9 Å². The van der Waals surface area contributed by atoms with Crippen molar-refractivity contribution in [1.82, 2.24) is 0 Å². The van der Waals surface area contributed by atoms with Crippen molar-refractivity contribution in [2.75, 3.05) is 6.61 Å². The van der Waals surface area contributed by atoms with Crippen molar-refractivity contribution in [2.45, 2.75) is 58.8 Å². The number of esters is 1. The molecule has 0 unspecified atom stereocenters. The van der Waals surface area contributed by atoms with E-state index < -0.39 is 5.97 Å². The number of carboxylic acid groups (broad SMARTS) is 1. The van der Waals surface area contributed by atoms with Crippen LogP contribution in [-0.4, -0.2) is 23.7 Å². The van der Waals surface area contributed by atoms with Crippen LogP contribution in [0.1, 0.15) is 58.8 Å². The highest BCUT2D eigenvalue weighted by Crippen LogP contribution is 2.66. The molecule has 0 amide bonds. The van der Waals surface area contributed by atoms with Crippen LogP contribution in [0.5, 0.6) is 0 Å². The number of carbonyl (C=O) groups excluding carboxylic acids is 1. The number of hydrogen-bond acceptors (Lipinski definition) is 3. The van der Waals surface area contributed by atoms with Crippen LogP contribution in [0.25, 0.3) is 0 Å². The SMILES string of the molecule is CC(=O)OC[C@]12CC[C@H]3[C@@H](CCC4=CCC=C[C@@]43C)[C@@H]1CC[C@@H]2C(=O)O. The van der Waals surface area contributed by atoms with Crippen LogP contribution >= 0.6 is 0 Å². The lowest BCUT2D eigenvalue weighted by Crippen LogP contribution is -2.53.